The first-order chi connectivity index (χ1) is 15.0. The van der Waals surface area contributed by atoms with Crippen LogP contribution in [0.25, 0.3) is 6.08 Å². The van der Waals surface area contributed by atoms with Gasteiger partial charge in [-0.15, -0.1) is 0 Å². The Morgan fingerprint density at radius 3 is 2.16 bits per heavy atom. The van der Waals surface area contributed by atoms with Gasteiger partial charge in [-0.25, -0.2) is 0 Å². The number of carbonyl (C=O) groups is 2. The number of methoxy groups -OCH3 is 2. The van der Waals surface area contributed by atoms with Crippen LogP contribution in [0, 0.1) is 6.92 Å². The van der Waals surface area contributed by atoms with Crippen molar-refractivity contribution in [3.63, 3.8) is 0 Å². The summed E-state index contributed by atoms with van der Waals surface area (Å²) < 4.78 is 10.6. The highest BCUT2D eigenvalue weighted by Crippen LogP contribution is 2.28. The first-order valence-corrected chi connectivity index (χ1v) is 9.68. The van der Waals surface area contributed by atoms with Gasteiger partial charge in [-0.05, 0) is 55.0 Å². The molecule has 0 bridgehead atoms. The number of carbonyl (C=O) groups excluding carboxylic acids is 2. The Hall–Kier alpha value is -4.06. The molecule has 0 aliphatic carbocycles. The monoisotopic (exact) mass is 416 g/mol. The normalized spacial score (nSPS) is 10.9. The van der Waals surface area contributed by atoms with Crippen LogP contribution >= 0.6 is 0 Å². The van der Waals surface area contributed by atoms with Gasteiger partial charge in [-0.2, -0.15) is 0 Å². The average molecular weight is 416 g/mol. The van der Waals surface area contributed by atoms with Gasteiger partial charge in [0.2, 0.25) is 0 Å². The third-order valence-electron chi connectivity index (χ3n) is 4.56. The number of aryl methyl sites for hydroxylation is 1. The van der Waals surface area contributed by atoms with E-state index in [-0.39, 0.29) is 11.6 Å². The molecule has 2 N–H and O–H groups in total. The number of anilines is 1. The largest absolute Gasteiger partial charge is 0.493 e. The van der Waals surface area contributed by atoms with Crippen molar-refractivity contribution in [3.8, 4) is 11.5 Å². The van der Waals surface area contributed by atoms with Crippen LogP contribution < -0.4 is 20.1 Å². The predicted octanol–water partition coefficient (Wildman–Crippen LogP) is 4.42. The Balaban J connectivity index is 1.92. The molecule has 31 heavy (non-hydrogen) atoms. The summed E-state index contributed by atoms with van der Waals surface area (Å²) in [5.41, 5.74) is 2.92. The van der Waals surface area contributed by atoms with E-state index >= 15 is 0 Å². The summed E-state index contributed by atoms with van der Waals surface area (Å²) in [6.45, 7) is 1.97. The van der Waals surface area contributed by atoms with Crippen molar-refractivity contribution in [1.82, 2.24) is 5.32 Å². The van der Waals surface area contributed by atoms with Gasteiger partial charge in [-0.3, -0.25) is 9.59 Å². The molecule has 0 saturated carbocycles. The van der Waals surface area contributed by atoms with Crippen LogP contribution in [0.4, 0.5) is 5.69 Å². The Bertz CT molecular complexity index is 1090. The molecule has 0 aliphatic heterocycles. The zero-order valence-electron chi connectivity index (χ0n) is 17.6. The van der Waals surface area contributed by atoms with Crippen LogP contribution in [-0.2, 0) is 4.79 Å². The molecule has 6 heteroatoms. The van der Waals surface area contributed by atoms with E-state index in [1.807, 2.05) is 25.1 Å². The van der Waals surface area contributed by atoms with Gasteiger partial charge in [0.25, 0.3) is 11.8 Å². The number of benzene rings is 3. The fourth-order valence-electron chi connectivity index (χ4n) is 2.89. The van der Waals surface area contributed by atoms with Crippen molar-refractivity contribution in [2.24, 2.45) is 0 Å². The molecular weight excluding hydrogens is 392 g/mol. The lowest BCUT2D eigenvalue weighted by molar-refractivity contribution is -0.113. The highest BCUT2D eigenvalue weighted by atomic mass is 16.5. The molecule has 158 valence electrons. The van der Waals surface area contributed by atoms with E-state index in [1.54, 1.807) is 67.8 Å². The Morgan fingerprint density at radius 1 is 0.839 bits per heavy atom. The number of nitrogens with one attached hydrogen (secondary N) is 2. The predicted molar refractivity (Wildman–Crippen MR) is 121 cm³/mol. The molecule has 3 rings (SSSR count). The molecule has 2 amide bonds. The van der Waals surface area contributed by atoms with E-state index < -0.39 is 5.91 Å². The molecule has 0 spiro atoms. The van der Waals surface area contributed by atoms with Gasteiger partial charge in [0.15, 0.2) is 11.5 Å². The van der Waals surface area contributed by atoms with Crippen molar-refractivity contribution < 1.29 is 19.1 Å². The van der Waals surface area contributed by atoms with Crippen LogP contribution in [0.2, 0.25) is 0 Å². The smallest absolute Gasteiger partial charge is 0.272 e. The molecular formula is C25H24N2O4. The number of rotatable bonds is 7. The Kier molecular flexibility index (Phi) is 7.06. The van der Waals surface area contributed by atoms with E-state index in [0.717, 1.165) is 5.56 Å². The van der Waals surface area contributed by atoms with Crippen LogP contribution in [-0.4, -0.2) is 26.0 Å². The van der Waals surface area contributed by atoms with Crippen LogP contribution in [0.1, 0.15) is 21.5 Å². The summed E-state index contributed by atoms with van der Waals surface area (Å²) >= 11 is 0. The number of ether oxygens (including phenoxy) is 2. The van der Waals surface area contributed by atoms with Gasteiger partial charge in [0.05, 0.1) is 14.2 Å². The van der Waals surface area contributed by atoms with Gasteiger partial charge in [0.1, 0.15) is 5.70 Å². The number of amides is 2. The molecule has 0 radical (unpaired) electrons. The van der Waals surface area contributed by atoms with Gasteiger partial charge in [0, 0.05) is 11.3 Å². The Labute approximate surface area is 181 Å². The zero-order chi connectivity index (χ0) is 22.2. The van der Waals surface area contributed by atoms with Crippen LogP contribution in [0.15, 0.2) is 78.5 Å². The van der Waals surface area contributed by atoms with Gasteiger partial charge in [-0.1, -0.05) is 42.0 Å². The van der Waals surface area contributed by atoms with Crippen molar-refractivity contribution in [2.75, 3.05) is 19.5 Å². The summed E-state index contributed by atoms with van der Waals surface area (Å²) in [6, 6.07) is 21.4. The molecule has 0 aliphatic rings. The second kappa shape index (κ2) is 10.1. The molecule has 0 heterocycles. The topological polar surface area (TPSA) is 76.7 Å². The molecule has 0 saturated heterocycles. The van der Waals surface area contributed by atoms with Crippen molar-refractivity contribution in [2.45, 2.75) is 6.92 Å². The van der Waals surface area contributed by atoms with Crippen LogP contribution in [0.3, 0.4) is 0 Å². The lowest BCUT2D eigenvalue weighted by atomic mass is 10.1. The minimum absolute atomic E-state index is 0.0987. The summed E-state index contributed by atoms with van der Waals surface area (Å²) in [5, 5.41) is 5.54. The second-order valence-corrected chi connectivity index (χ2v) is 6.81. The van der Waals surface area contributed by atoms with Gasteiger partial charge >= 0.3 is 0 Å². The molecule has 3 aromatic carbocycles. The first kappa shape index (κ1) is 21.6. The first-order valence-electron chi connectivity index (χ1n) is 9.68. The van der Waals surface area contributed by atoms with Crippen molar-refractivity contribution in [1.29, 1.82) is 0 Å². The minimum Gasteiger partial charge on any atom is -0.493 e. The summed E-state index contributed by atoms with van der Waals surface area (Å²) in [4.78, 5) is 25.7. The lowest BCUT2D eigenvalue weighted by Crippen LogP contribution is -2.30. The molecule has 6 nitrogen and oxygen atoms in total. The lowest BCUT2D eigenvalue weighted by Gasteiger charge is -2.12. The van der Waals surface area contributed by atoms with E-state index in [4.69, 9.17) is 9.47 Å². The highest BCUT2D eigenvalue weighted by molar-refractivity contribution is 6.10. The summed E-state index contributed by atoms with van der Waals surface area (Å²) in [6.07, 6.45) is 1.59. The van der Waals surface area contributed by atoms with E-state index in [0.29, 0.717) is 28.3 Å². The fraction of sp³-hybridized carbons (Fsp3) is 0.120. The molecule has 3 aromatic rings. The van der Waals surface area contributed by atoms with Crippen LogP contribution in [0.5, 0.6) is 11.5 Å². The third-order valence-corrected chi connectivity index (χ3v) is 4.56. The van der Waals surface area contributed by atoms with Crippen molar-refractivity contribution in [3.05, 3.63) is 95.2 Å². The zero-order valence-corrected chi connectivity index (χ0v) is 17.6. The number of hydrogen-bond donors (Lipinski definition) is 2. The average Bonchev–Trinajstić information content (AvgIpc) is 2.80. The van der Waals surface area contributed by atoms with E-state index in [9.17, 15) is 9.59 Å². The fourth-order valence-corrected chi connectivity index (χ4v) is 2.89. The molecule has 0 aromatic heterocycles. The van der Waals surface area contributed by atoms with Gasteiger partial charge < -0.3 is 20.1 Å². The summed E-state index contributed by atoms with van der Waals surface area (Å²) in [7, 11) is 3.08. The van der Waals surface area contributed by atoms with Crippen molar-refractivity contribution >= 4 is 23.6 Å². The Morgan fingerprint density at radius 2 is 1.52 bits per heavy atom. The SMILES string of the molecule is COc1ccc(/C=C(\NC(=O)c2ccccc2)C(=O)Nc2ccc(C)cc2)cc1OC. The third kappa shape index (κ3) is 5.73. The standard InChI is InChI=1S/C25H24N2O4/c1-17-9-12-20(13-10-17)26-25(29)21(27-24(28)19-7-5-4-6-8-19)15-18-11-14-22(30-2)23(16-18)31-3/h4-16H,1-3H3,(H,26,29)(H,27,28)/b21-15-. The molecule has 0 fully saturated rings. The van der Waals surface area contributed by atoms with E-state index in [1.165, 1.54) is 7.11 Å². The number of hydrogen-bond acceptors (Lipinski definition) is 4. The highest BCUT2D eigenvalue weighted by Gasteiger charge is 2.15. The minimum atomic E-state index is -0.442. The van der Waals surface area contributed by atoms with E-state index in [2.05, 4.69) is 10.6 Å². The molecule has 0 unspecified atom stereocenters. The maximum absolute atomic E-state index is 13.0. The quantitative estimate of drug-likeness (QED) is 0.559. The maximum Gasteiger partial charge on any atom is 0.272 e. The second-order valence-electron chi connectivity index (χ2n) is 6.81. The maximum atomic E-state index is 13.0. The summed E-state index contributed by atoms with van der Waals surface area (Å²) in [5.74, 6) is 0.261. The molecule has 0 atom stereocenters.